The molecular weight excluding hydrogens is 551 g/mol. The molecule has 0 aromatic heterocycles. The third kappa shape index (κ3) is 12.3. The quantitative estimate of drug-likeness (QED) is 0.152. The average molecular weight is 617 g/mol. The Labute approximate surface area is 241 Å². The van der Waals surface area contributed by atoms with Crippen LogP contribution in [0.1, 0.15) is 152 Å². The monoisotopic (exact) mass is 616 g/mol. The van der Waals surface area contributed by atoms with Crippen molar-refractivity contribution in [2.24, 2.45) is 52.8 Å². The molecule has 0 heterocycles. The number of hydrogen-bond acceptors (Lipinski definition) is 1. The van der Waals surface area contributed by atoms with E-state index in [1.807, 2.05) is 0 Å². The molecule has 2 saturated carbocycles. The zero-order chi connectivity index (χ0) is 26.9. The van der Waals surface area contributed by atoms with Gasteiger partial charge in [0.25, 0.3) is 0 Å². The fourth-order valence-corrected chi connectivity index (χ4v) is 9.09. The van der Waals surface area contributed by atoms with Gasteiger partial charge >= 0.3 is 0 Å². The van der Waals surface area contributed by atoms with Gasteiger partial charge in [-0.05, 0) is 91.3 Å². The second-order valence-corrected chi connectivity index (χ2v) is 17.2. The summed E-state index contributed by atoms with van der Waals surface area (Å²) in [5.74, 6) is 6.67. The maximum Gasteiger partial charge on any atom is 0.0565 e. The van der Waals surface area contributed by atoms with E-state index in [0.29, 0.717) is 11.3 Å². The van der Waals surface area contributed by atoms with Crippen LogP contribution in [0.15, 0.2) is 0 Å². The first-order valence-corrected chi connectivity index (χ1v) is 17.4. The van der Waals surface area contributed by atoms with Crippen LogP contribution in [-0.2, 0) is 0 Å². The van der Waals surface area contributed by atoms with Crippen LogP contribution in [0.4, 0.5) is 0 Å². The molecular formula is C34H65IO. The molecule has 0 bridgehead atoms. The third-order valence-corrected chi connectivity index (χ3v) is 11.4. The molecule has 36 heavy (non-hydrogen) atoms. The largest absolute Gasteiger partial charge is 0.393 e. The number of aliphatic hydroxyl groups excluding tert-OH is 1. The fourth-order valence-electron chi connectivity index (χ4n) is 8.02. The summed E-state index contributed by atoms with van der Waals surface area (Å²) in [6.45, 7) is 19.4. The fraction of sp³-hybridized carbons (Fsp3) is 1.00. The van der Waals surface area contributed by atoms with Crippen LogP contribution in [0.5, 0.6) is 0 Å². The molecule has 0 saturated heterocycles. The standard InChI is InChI=1S/C34H65IO/c1-24-15-18-30(19-16-24)21-26(3)32(28(5)35)20-17-25(2)33(36)14-10-12-29-11-9-13-31(22-29)27(4)23-34(6,7)8/h24-33,36H,9-23H2,1-8H3/t24?,25?,26?,27-,28-,29?,30?,31?,32+,33?/m1/s1. The normalized spacial score (nSPS) is 30.8. The molecule has 0 aromatic carbocycles. The Hall–Kier alpha value is 0.690. The molecule has 0 aromatic rings. The average Bonchev–Trinajstić information content (AvgIpc) is 2.79. The minimum Gasteiger partial charge on any atom is -0.393 e. The molecule has 0 spiro atoms. The van der Waals surface area contributed by atoms with E-state index in [9.17, 15) is 5.11 Å². The van der Waals surface area contributed by atoms with E-state index in [-0.39, 0.29) is 6.10 Å². The summed E-state index contributed by atoms with van der Waals surface area (Å²) in [7, 11) is 0. The number of rotatable bonds is 14. The van der Waals surface area contributed by atoms with Crippen LogP contribution < -0.4 is 0 Å². The van der Waals surface area contributed by atoms with Gasteiger partial charge in [-0.3, -0.25) is 0 Å². The second kappa shape index (κ2) is 16.1. The van der Waals surface area contributed by atoms with Crippen molar-refractivity contribution in [1.29, 1.82) is 0 Å². The van der Waals surface area contributed by atoms with Crippen molar-refractivity contribution in [3.63, 3.8) is 0 Å². The Kier molecular flexibility index (Phi) is 14.7. The maximum absolute atomic E-state index is 11.0. The maximum atomic E-state index is 11.0. The highest BCUT2D eigenvalue weighted by Gasteiger charge is 2.30. The Bertz CT molecular complexity index is 572. The first kappa shape index (κ1) is 32.9. The topological polar surface area (TPSA) is 20.2 Å². The highest BCUT2D eigenvalue weighted by atomic mass is 127. The first-order valence-electron chi connectivity index (χ1n) is 16.2. The molecule has 2 fully saturated rings. The summed E-state index contributed by atoms with van der Waals surface area (Å²) in [6, 6.07) is 0. The van der Waals surface area contributed by atoms with Gasteiger partial charge in [-0.15, -0.1) is 0 Å². The van der Waals surface area contributed by atoms with Crippen molar-refractivity contribution in [2.45, 2.75) is 162 Å². The van der Waals surface area contributed by atoms with Crippen LogP contribution in [0.25, 0.3) is 0 Å². The van der Waals surface area contributed by atoms with Gasteiger partial charge in [0.05, 0.1) is 6.10 Å². The zero-order valence-electron chi connectivity index (χ0n) is 25.7. The SMILES string of the molecule is CC1CCC(CC(C)[C@H](CCC(C)C(O)CCCC2CCCC([C@H](C)CC(C)(C)C)C2)[C@@H](C)I)CC1. The van der Waals surface area contributed by atoms with Crippen molar-refractivity contribution in [1.82, 2.24) is 0 Å². The Morgan fingerprint density at radius 1 is 0.833 bits per heavy atom. The molecule has 5 unspecified atom stereocenters. The van der Waals surface area contributed by atoms with Crippen LogP contribution in [0, 0.1) is 52.8 Å². The van der Waals surface area contributed by atoms with E-state index in [4.69, 9.17) is 0 Å². The Morgan fingerprint density at radius 3 is 2.11 bits per heavy atom. The molecule has 2 heteroatoms. The zero-order valence-corrected chi connectivity index (χ0v) is 27.9. The lowest BCUT2D eigenvalue weighted by Crippen LogP contribution is -2.26. The summed E-state index contributed by atoms with van der Waals surface area (Å²) < 4.78 is 0.726. The molecule has 2 aliphatic rings. The number of aliphatic hydroxyl groups is 1. The van der Waals surface area contributed by atoms with Crippen LogP contribution in [0.2, 0.25) is 0 Å². The number of alkyl halides is 1. The van der Waals surface area contributed by atoms with Crippen molar-refractivity contribution >= 4 is 22.6 Å². The van der Waals surface area contributed by atoms with E-state index in [1.165, 1.54) is 89.9 Å². The molecule has 8 atom stereocenters. The summed E-state index contributed by atoms with van der Waals surface area (Å²) in [5, 5.41) is 11.0. The summed E-state index contributed by atoms with van der Waals surface area (Å²) in [4.78, 5) is 0. The number of halogens is 1. The lowest BCUT2D eigenvalue weighted by Gasteiger charge is -2.36. The van der Waals surface area contributed by atoms with Gasteiger partial charge in [0.15, 0.2) is 0 Å². The predicted octanol–water partition coefficient (Wildman–Crippen LogP) is 11.1. The minimum atomic E-state index is -0.107. The van der Waals surface area contributed by atoms with Gasteiger partial charge < -0.3 is 5.11 Å². The third-order valence-electron chi connectivity index (χ3n) is 10.4. The summed E-state index contributed by atoms with van der Waals surface area (Å²) >= 11 is 2.68. The van der Waals surface area contributed by atoms with E-state index < -0.39 is 0 Å². The van der Waals surface area contributed by atoms with Gasteiger partial charge in [-0.2, -0.15) is 0 Å². The second-order valence-electron chi connectivity index (χ2n) is 15.3. The van der Waals surface area contributed by atoms with Crippen molar-refractivity contribution < 1.29 is 5.11 Å². The van der Waals surface area contributed by atoms with Gasteiger partial charge in [-0.25, -0.2) is 0 Å². The Balaban J connectivity index is 1.69. The highest BCUT2D eigenvalue weighted by molar-refractivity contribution is 14.1. The molecule has 214 valence electrons. The van der Waals surface area contributed by atoms with Crippen molar-refractivity contribution in [3.05, 3.63) is 0 Å². The molecule has 2 aliphatic carbocycles. The number of hydrogen-bond donors (Lipinski definition) is 1. The Morgan fingerprint density at radius 2 is 1.50 bits per heavy atom. The molecule has 0 aliphatic heterocycles. The van der Waals surface area contributed by atoms with Gasteiger partial charge in [0.1, 0.15) is 0 Å². The van der Waals surface area contributed by atoms with E-state index in [2.05, 4.69) is 78.0 Å². The predicted molar refractivity (Wildman–Crippen MR) is 169 cm³/mol. The van der Waals surface area contributed by atoms with Gasteiger partial charge in [0, 0.05) is 3.92 Å². The smallest absolute Gasteiger partial charge is 0.0565 e. The van der Waals surface area contributed by atoms with E-state index in [1.54, 1.807) is 0 Å². The molecule has 1 N–H and O–H groups in total. The van der Waals surface area contributed by atoms with Crippen LogP contribution in [0.3, 0.4) is 0 Å². The van der Waals surface area contributed by atoms with Gasteiger partial charge in [-0.1, -0.05) is 136 Å². The molecule has 0 amide bonds. The summed E-state index contributed by atoms with van der Waals surface area (Å²) in [6.07, 6.45) is 20.3. The molecule has 2 rings (SSSR count). The lowest BCUT2D eigenvalue weighted by molar-refractivity contribution is 0.0890. The van der Waals surface area contributed by atoms with Crippen LogP contribution in [-0.4, -0.2) is 15.1 Å². The first-order chi connectivity index (χ1) is 16.9. The van der Waals surface area contributed by atoms with Crippen LogP contribution >= 0.6 is 22.6 Å². The highest BCUT2D eigenvalue weighted by Crippen LogP contribution is 2.41. The summed E-state index contributed by atoms with van der Waals surface area (Å²) in [5.41, 5.74) is 0.451. The molecule has 1 nitrogen and oxygen atoms in total. The van der Waals surface area contributed by atoms with E-state index in [0.717, 1.165) is 51.8 Å². The van der Waals surface area contributed by atoms with Crippen molar-refractivity contribution in [3.8, 4) is 0 Å². The minimum absolute atomic E-state index is 0.107. The van der Waals surface area contributed by atoms with Gasteiger partial charge in [0.2, 0.25) is 0 Å². The lowest BCUT2D eigenvalue weighted by atomic mass is 9.70. The molecule has 0 radical (unpaired) electrons. The van der Waals surface area contributed by atoms with E-state index >= 15 is 0 Å². The van der Waals surface area contributed by atoms with Crippen molar-refractivity contribution in [2.75, 3.05) is 0 Å².